The van der Waals surface area contributed by atoms with Crippen LogP contribution < -0.4 is 10.2 Å². The second kappa shape index (κ2) is 8.32. The first-order valence-corrected chi connectivity index (χ1v) is 11.3. The number of nitrogens with one attached hydrogen (secondary N) is 1. The van der Waals surface area contributed by atoms with E-state index in [0.717, 1.165) is 36.8 Å². The van der Waals surface area contributed by atoms with Gasteiger partial charge in [0.25, 0.3) is 5.91 Å². The highest BCUT2D eigenvalue weighted by Crippen LogP contribution is 2.29. The Labute approximate surface area is 186 Å². The van der Waals surface area contributed by atoms with Gasteiger partial charge in [0, 0.05) is 31.7 Å². The van der Waals surface area contributed by atoms with Crippen molar-refractivity contribution in [2.75, 3.05) is 31.1 Å². The van der Waals surface area contributed by atoms with Gasteiger partial charge in [-0.25, -0.2) is 4.98 Å². The maximum absolute atomic E-state index is 12.6. The quantitative estimate of drug-likeness (QED) is 0.600. The molecule has 0 saturated carbocycles. The fourth-order valence-corrected chi connectivity index (χ4v) is 4.76. The van der Waals surface area contributed by atoms with E-state index < -0.39 is 0 Å². The number of nitrogens with zero attached hydrogens (tertiary/aromatic N) is 3. The largest absolute Gasteiger partial charge is 0.345 e. The third-order valence-electron chi connectivity index (χ3n) is 5.35. The number of rotatable bonds is 2. The normalized spacial score (nSPS) is 14.8. The lowest BCUT2D eigenvalue weighted by atomic mass is 9.87. The van der Waals surface area contributed by atoms with Crippen LogP contribution in [0.3, 0.4) is 0 Å². The monoisotopic (exact) mass is 438 g/mol. The lowest BCUT2D eigenvalue weighted by molar-refractivity contribution is 0.0973. The lowest BCUT2D eigenvalue weighted by Crippen LogP contribution is -2.52. The molecule has 1 aliphatic heterocycles. The molecule has 156 valence electrons. The van der Waals surface area contributed by atoms with E-state index in [1.165, 1.54) is 10.3 Å². The van der Waals surface area contributed by atoms with Crippen molar-refractivity contribution in [1.82, 2.24) is 15.2 Å². The van der Waals surface area contributed by atoms with E-state index in [4.69, 9.17) is 17.2 Å². The molecule has 0 atom stereocenters. The van der Waals surface area contributed by atoms with Gasteiger partial charge in [-0.05, 0) is 47.5 Å². The number of amides is 1. The molecule has 1 aromatic heterocycles. The Morgan fingerprint density at radius 1 is 1.03 bits per heavy atom. The number of hydrogen-bond donors (Lipinski definition) is 1. The molecule has 2 aromatic carbocycles. The van der Waals surface area contributed by atoms with E-state index in [0.29, 0.717) is 10.7 Å². The van der Waals surface area contributed by atoms with Crippen LogP contribution in [0.25, 0.3) is 10.2 Å². The second-order valence-electron chi connectivity index (χ2n) is 8.52. The summed E-state index contributed by atoms with van der Waals surface area (Å²) in [6, 6.07) is 16.0. The van der Waals surface area contributed by atoms with Crippen LogP contribution in [0.2, 0.25) is 0 Å². The summed E-state index contributed by atoms with van der Waals surface area (Å²) >= 11 is 7.22. The van der Waals surface area contributed by atoms with Crippen molar-refractivity contribution in [2.45, 2.75) is 26.2 Å². The molecule has 1 amide bonds. The summed E-state index contributed by atoms with van der Waals surface area (Å²) in [5.41, 5.74) is 2.93. The summed E-state index contributed by atoms with van der Waals surface area (Å²) in [5.74, 6) is -0.158. The summed E-state index contributed by atoms with van der Waals surface area (Å²) in [4.78, 5) is 21.7. The molecule has 0 bridgehead atoms. The fraction of sp³-hybridized carbons (Fsp3) is 0.348. The predicted octanol–water partition coefficient (Wildman–Crippen LogP) is 4.43. The number of carbonyl (C=O) groups is 1. The van der Waals surface area contributed by atoms with Crippen molar-refractivity contribution in [1.29, 1.82) is 0 Å². The van der Waals surface area contributed by atoms with Gasteiger partial charge in [-0.3, -0.25) is 10.1 Å². The molecule has 2 heterocycles. The highest BCUT2D eigenvalue weighted by atomic mass is 32.1. The van der Waals surface area contributed by atoms with Gasteiger partial charge in [0.15, 0.2) is 10.2 Å². The van der Waals surface area contributed by atoms with E-state index in [1.54, 1.807) is 11.3 Å². The first kappa shape index (κ1) is 20.8. The van der Waals surface area contributed by atoms with E-state index >= 15 is 0 Å². The number of para-hydroxylation sites is 1. The zero-order valence-electron chi connectivity index (χ0n) is 17.5. The van der Waals surface area contributed by atoms with Crippen LogP contribution in [0.4, 0.5) is 5.13 Å². The molecule has 7 heteroatoms. The zero-order chi connectivity index (χ0) is 21.3. The van der Waals surface area contributed by atoms with Crippen molar-refractivity contribution >= 4 is 49.9 Å². The number of carbonyl (C=O) groups excluding carboxylic acids is 1. The Morgan fingerprint density at radius 3 is 2.33 bits per heavy atom. The highest BCUT2D eigenvalue weighted by Gasteiger charge is 2.23. The predicted molar refractivity (Wildman–Crippen MR) is 129 cm³/mol. The SMILES string of the molecule is CC(C)(C)c1ccc(C(=O)NC(=S)N2CCN(c3nc4ccccc4s3)CC2)cc1. The van der Waals surface area contributed by atoms with Gasteiger partial charge in [0.1, 0.15) is 0 Å². The lowest BCUT2D eigenvalue weighted by Gasteiger charge is -2.35. The van der Waals surface area contributed by atoms with E-state index in [-0.39, 0.29) is 11.3 Å². The van der Waals surface area contributed by atoms with Gasteiger partial charge in [0.2, 0.25) is 0 Å². The molecule has 1 N–H and O–H groups in total. The maximum Gasteiger partial charge on any atom is 0.257 e. The Bertz CT molecular complexity index is 1030. The number of hydrogen-bond acceptors (Lipinski definition) is 5. The molecule has 3 aromatic rings. The summed E-state index contributed by atoms with van der Waals surface area (Å²) in [6.07, 6.45) is 0. The Kier molecular flexibility index (Phi) is 5.75. The molecular weight excluding hydrogens is 412 g/mol. The van der Waals surface area contributed by atoms with Gasteiger partial charge in [-0.2, -0.15) is 0 Å². The van der Waals surface area contributed by atoms with Gasteiger partial charge in [-0.1, -0.05) is 56.4 Å². The van der Waals surface area contributed by atoms with Crippen LogP contribution in [0.1, 0.15) is 36.7 Å². The molecule has 1 aliphatic rings. The van der Waals surface area contributed by atoms with Gasteiger partial charge >= 0.3 is 0 Å². The zero-order valence-corrected chi connectivity index (χ0v) is 19.1. The third-order valence-corrected chi connectivity index (χ3v) is 6.81. The number of thiocarbonyl (C=S) groups is 1. The topological polar surface area (TPSA) is 48.5 Å². The van der Waals surface area contributed by atoms with Crippen molar-refractivity contribution < 1.29 is 4.79 Å². The van der Waals surface area contributed by atoms with Crippen LogP contribution in [0, 0.1) is 0 Å². The minimum absolute atomic E-state index is 0.0627. The molecule has 0 radical (unpaired) electrons. The average molecular weight is 439 g/mol. The van der Waals surface area contributed by atoms with Crippen molar-refractivity contribution in [3.8, 4) is 0 Å². The van der Waals surface area contributed by atoms with Crippen LogP contribution >= 0.6 is 23.6 Å². The van der Waals surface area contributed by atoms with Crippen LogP contribution in [-0.2, 0) is 5.41 Å². The Balaban J connectivity index is 1.33. The number of aromatic nitrogens is 1. The first-order chi connectivity index (χ1) is 14.3. The standard InChI is InChI=1S/C23H26N4OS2/c1-23(2,3)17-10-8-16(9-11-17)20(28)25-21(29)26-12-14-27(15-13-26)22-24-18-6-4-5-7-19(18)30-22/h4-11H,12-15H2,1-3H3,(H,25,28,29). The molecule has 0 aliphatic carbocycles. The number of fused-ring (bicyclic) bond motifs is 1. The number of benzene rings is 2. The molecule has 1 fully saturated rings. The summed E-state index contributed by atoms with van der Waals surface area (Å²) < 4.78 is 1.20. The molecule has 30 heavy (non-hydrogen) atoms. The molecule has 1 saturated heterocycles. The summed E-state index contributed by atoms with van der Waals surface area (Å²) in [7, 11) is 0. The van der Waals surface area contributed by atoms with Gasteiger partial charge in [0.05, 0.1) is 10.2 Å². The number of anilines is 1. The van der Waals surface area contributed by atoms with Gasteiger partial charge < -0.3 is 9.80 Å². The van der Waals surface area contributed by atoms with E-state index in [1.807, 2.05) is 42.5 Å². The first-order valence-electron chi connectivity index (χ1n) is 10.1. The molecule has 0 spiro atoms. The Hall–Kier alpha value is -2.51. The third kappa shape index (κ3) is 4.47. The van der Waals surface area contributed by atoms with Crippen molar-refractivity contribution in [3.63, 3.8) is 0 Å². The molecule has 4 rings (SSSR count). The van der Waals surface area contributed by atoms with Crippen LogP contribution in [0.15, 0.2) is 48.5 Å². The molecule has 0 unspecified atom stereocenters. The van der Waals surface area contributed by atoms with Crippen molar-refractivity contribution in [2.24, 2.45) is 0 Å². The minimum atomic E-state index is -0.158. The Morgan fingerprint density at radius 2 is 1.70 bits per heavy atom. The summed E-state index contributed by atoms with van der Waals surface area (Å²) in [5, 5.41) is 4.42. The van der Waals surface area contributed by atoms with Crippen molar-refractivity contribution in [3.05, 3.63) is 59.7 Å². The molecular formula is C23H26N4OS2. The highest BCUT2D eigenvalue weighted by molar-refractivity contribution is 7.80. The van der Waals surface area contributed by atoms with Crippen LogP contribution in [-0.4, -0.2) is 47.1 Å². The number of piperazine rings is 1. The minimum Gasteiger partial charge on any atom is -0.345 e. The number of thiazole rings is 1. The maximum atomic E-state index is 12.6. The smallest absolute Gasteiger partial charge is 0.257 e. The summed E-state index contributed by atoms with van der Waals surface area (Å²) in [6.45, 7) is 9.66. The average Bonchev–Trinajstić information content (AvgIpc) is 3.17. The van der Waals surface area contributed by atoms with Crippen LogP contribution in [0.5, 0.6) is 0 Å². The van der Waals surface area contributed by atoms with E-state index in [2.05, 4.69) is 42.0 Å². The fourth-order valence-electron chi connectivity index (χ4n) is 3.47. The van der Waals surface area contributed by atoms with Gasteiger partial charge in [-0.15, -0.1) is 0 Å². The van der Waals surface area contributed by atoms with E-state index in [9.17, 15) is 4.79 Å². The molecule has 5 nitrogen and oxygen atoms in total. The second-order valence-corrected chi connectivity index (χ2v) is 9.92.